The van der Waals surface area contributed by atoms with Gasteiger partial charge < -0.3 is 0 Å². The van der Waals surface area contributed by atoms with Gasteiger partial charge in [0.25, 0.3) is 0 Å². The van der Waals surface area contributed by atoms with Crippen molar-refractivity contribution in [2.75, 3.05) is 5.75 Å². The van der Waals surface area contributed by atoms with Gasteiger partial charge in [0.1, 0.15) is 0 Å². The first-order valence-corrected chi connectivity index (χ1v) is 9.00. The van der Waals surface area contributed by atoms with Gasteiger partial charge in [0.05, 0.1) is 20.6 Å². The van der Waals surface area contributed by atoms with Crippen LogP contribution < -0.4 is 0 Å². The van der Waals surface area contributed by atoms with E-state index in [1.54, 1.807) is 39.9 Å². The minimum atomic E-state index is 0.488. The van der Waals surface area contributed by atoms with E-state index in [0.29, 0.717) is 15.9 Å². The van der Waals surface area contributed by atoms with Crippen molar-refractivity contribution in [2.24, 2.45) is 5.10 Å². The Morgan fingerprint density at radius 1 is 1.09 bits per heavy atom. The summed E-state index contributed by atoms with van der Waals surface area (Å²) >= 11 is 15.4. The molecule has 0 bridgehead atoms. The summed E-state index contributed by atoms with van der Waals surface area (Å²) in [7, 11) is 0. The summed E-state index contributed by atoms with van der Waals surface area (Å²) < 4.78 is 1.77. The molecule has 0 amide bonds. The van der Waals surface area contributed by atoms with Crippen molar-refractivity contribution in [3.63, 3.8) is 0 Å². The van der Waals surface area contributed by atoms with Gasteiger partial charge in [0.2, 0.25) is 5.16 Å². The highest BCUT2D eigenvalue weighted by atomic mass is 35.5. The molecule has 0 atom stereocenters. The van der Waals surface area contributed by atoms with E-state index in [2.05, 4.69) is 16.3 Å². The first-order chi connectivity index (χ1) is 10.7. The van der Waals surface area contributed by atoms with Gasteiger partial charge in [-0.15, -0.1) is 21.5 Å². The van der Waals surface area contributed by atoms with Crippen LogP contribution in [0.25, 0.3) is 11.4 Å². The maximum atomic E-state index is 6.10. The van der Waals surface area contributed by atoms with Crippen molar-refractivity contribution in [3.8, 4) is 11.4 Å². The SMILES string of the molecule is Clc1ccc(-c2nnc3n2N=C(c2cccs2)CS3)cc1Cl. The Hall–Kier alpha value is -1.34. The molecule has 0 radical (unpaired) electrons. The lowest BCUT2D eigenvalue weighted by Crippen LogP contribution is -2.12. The van der Waals surface area contributed by atoms with Crippen LogP contribution in [0.1, 0.15) is 4.88 Å². The van der Waals surface area contributed by atoms with Crippen molar-refractivity contribution in [3.05, 3.63) is 50.6 Å². The van der Waals surface area contributed by atoms with E-state index in [1.807, 2.05) is 17.5 Å². The van der Waals surface area contributed by atoms with Crippen LogP contribution in [0.4, 0.5) is 0 Å². The van der Waals surface area contributed by atoms with Gasteiger partial charge in [0, 0.05) is 11.3 Å². The average Bonchev–Trinajstić information content (AvgIpc) is 3.18. The molecule has 4 rings (SSSR count). The molecular weight excluding hydrogens is 359 g/mol. The number of benzene rings is 1. The molecule has 110 valence electrons. The third-order valence-corrected chi connectivity index (χ3v) is 5.74. The van der Waals surface area contributed by atoms with Gasteiger partial charge in [-0.05, 0) is 29.6 Å². The molecule has 0 saturated carbocycles. The van der Waals surface area contributed by atoms with E-state index in [-0.39, 0.29) is 0 Å². The molecular formula is C14H8Cl2N4S2. The minimum Gasteiger partial charge on any atom is -0.186 e. The number of nitrogens with zero attached hydrogens (tertiary/aromatic N) is 4. The fourth-order valence-electron chi connectivity index (χ4n) is 2.11. The van der Waals surface area contributed by atoms with Crippen LogP contribution in [-0.2, 0) is 0 Å². The second kappa shape index (κ2) is 5.70. The number of rotatable bonds is 2. The summed E-state index contributed by atoms with van der Waals surface area (Å²) in [4.78, 5) is 1.16. The zero-order chi connectivity index (χ0) is 15.1. The van der Waals surface area contributed by atoms with Gasteiger partial charge in [-0.3, -0.25) is 0 Å². The number of thiophene rings is 1. The quantitative estimate of drug-likeness (QED) is 0.661. The molecule has 1 aliphatic heterocycles. The van der Waals surface area contributed by atoms with Crippen molar-refractivity contribution in [1.82, 2.24) is 14.9 Å². The summed E-state index contributed by atoms with van der Waals surface area (Å²) in [5.74, 6) is 1.45. The van der Waals surface area contributed by atoms with Crippen LogP contribution >= 0.6 is 46.3 Å². The fraction of sp³-hybridized carbons (Fsp3) is 0.0714. The summed E-state index contributed by atoms with van der Waals surface area (Å²) in [5.41, 5.74) is 1.86. The first-order valence-electron chi connectivity index (χ1n) is 6.38. The molecule has 3 heterocycles. The molecule has 3 aromatic rings. The normalized spacial score (nSPS) is 13.8. The molecule has 0 N–H and O–H groups in total. The number of hydrogen-bond acceptors (Lipinski definition) is 5. The van der Waals surface area contributed by atoms with Crippen molar-refractivity contribution < 1.29 is 0 Å². The Morgan fingerprint density at radius 2 is 2.00 bits per heavy atom. The van der Waals surface area contributed by atoms with Crippen LogP contribution in [0.2, 0.25) is 10.0 Å². The number of halogens is 2. The van der Waals surface area contributed by atoms with Crippen molar-refractivity contribution in [1.29, 1.82) is 0 Å². The van der Waals surface area contributed by atoms with E-state index in [0.717, 1.165) is 27.1 Å². The Balaban J connectivity index is 1.82. The lowest BCUT2D eigenvalue weighted by atomic mass is 10.2. The average molecular weight is 367 g/mol. The monoisotopic (exact) mass is 366 g/mol. The Morgan fingerprint density at radius 3 is 2.77 bits per heavy atom. The van der Waals surface area contributed by atoms with Crippen molar-refractivity contribution >= 4 is 52.0 Å². The summed E-state index contributed by atoms with van der Waals surface area (Å²) in [5, 5.41) is 17.0. The molecule has 4 nitrogen and oxygen atoms in total. The third-order valence-electron chi connectivity index (χ3n) is 3.15. The molecule has 0 saturated heterocycles. The lowest BCUT2D eigenvalue weighted by Gasteiger charge is -2.12. The zero-order valence-electron chi connectivity index (χ0n) is 11.0. The Bertz CT molecular complexity index is 871. The van der Waals surface area contributed by atoms with E-state index in [4.69, 9.17) is 28.3 Å². The minimum absolute atomic E-state index is 0.488. The lowest BCUT2D eigenvalue weighted by molar-refractivity contribution is 0.763. The van der Waals surface area contributed by atoms with Crippen LogP contribution in [0.3, 0.4) is 0 Å². The number of fused-ring (bicyclic) bond motifs is 1. The van der Waals surface area contributed by atoms with Gasteiger partial charge >= 0.3 is 0 Å². The van der Waals surface area contributed by atoms with E-state index >= 15 is 0 Å². The van der Waals surface area contributed by atoms with Crippen LogP contribution in [-0.4, -0.2) is 26.3 Å². The molecule has 2 aromatic heterocycles. The van der Waals surface area contributed by atoms with Crippen molar-refractivity contribution in [2.45, 2.75) is 5.16 Å². The highest BCUT2D eigenvalue weighted by Crippen LogP contribution is 2.32. The smallest absolute Gasteiger partial charge is 0.186 e. The first kappa shape index (κ1) is 14.3. The fourth-order valence-corrected chi connectivity index (χ4v) is 4.03. The molecule has 8 heteroatoms. The Labute approximate surface area is 144 Å². The summed E-state index contributed by atoms with van der Waals surface area (Å²) in [6.07, 6.45) is 0. The highest BCUT2D eigenvalue weighted by Gasteiger charge is 2.21. The number of aromatic nitrogens is 3. The molecule has 0 aliphatic carbocycles. The standard InChI is InChI=1S/C14H8Cl2N4S2/c15-9-4-3-8(6-10(9)16)13-17-18-14-20(13)19-11(7-22-14)12-2-1-5-21-12/h1-6H,7H2. The number of hydrogen-bond donors (Lipinski definition) is 0. The van der Waals surface area contributed by atoms with E-state index in [9.17, 15) is 0 Å². The summed E-state index contributed by atoms with van der Waals surface area (Å²) in [6.45, 7) is 0. The largest absolute Gasteiger partial charge is 0.212 e. The maximum Gasteiger partial charge on any atom is 0.212 e. The second-order valence-electron chi connectivity index (χ2n) is 4.56. The topological polar surface area (TPSA) is 43.1 Å². The molecule has 0 fully saturated rings. The molecule has 0 unspecified atom stereocenters. The van der Waals surface area contributed by atoms with Gasteiger partial charge in [0.15, 0.2) is 5.82 Å². The van der Waals surface area contributed by atoms with Gasteiger partial charge in [-0.25, -0.2) is 0 Å². The zero-order valence-corrected chi connectivity index (χ0v) is 14.2. The summed E-state index contributed by atoms with van der Waals surface area (Å²) in [6, 6.07) is 9.49. The molecule has 22 heavy (non-hydrogen) atoms. The van der Waals surface area contributed by atoms with E-state index < -0.39 is 0 Å². The van der Waals surface area contributed by atoms with E-state index in [1.165, 1.54) is 0 Å². The maximum absolute atomic E-state index is 6.10. The molecule has 1 aliphatic rings. The highest BCUT2D eigenvalue weighted by molar-refractivity contribution is 7.99. The predicted molar refractivity (Wildman–Crippen MR) is 92.5 cm³/mol. The second-order valence-corrected chi connectivity index (χ2v) is 7.26. The predicted octanol–water partition coefficient (Wildman–Crippen LogP) is 4.67. The third kappa shape index (κ3) is 2.46. The Kier molecular flexibility index (Phi) is 3.69. The van der Waals surface area contributed by atoms with Crippen LogP contribution in [0.5, 0.6) is 0 Å². The molecule has 1 aromatic carbocycles. The van der Waals surface area contributed by atoms with Crippen LogP contribution in [0, 0.1) is 0 Å². The van der Waals surface area contributed by atoms with Gasteiger partial charge in [-0.1, -0.05) is 41.0 Å². The van der Waals surface area contributed by atoms with Crippen LogP contribution in [0.15, 0.2) is 46.0 Å². The number of thioether (sulfide) groups is 1. The van der Waals surface area contributed by atoms with Gasteiger partial charge in [-0.2, -0.15) is 9.78 Å². The molecule has 0 spiro atoms.